The summed E-state index contributed by atoms with van der Waals surface area (Å²) < 4.78 is 5.78. The Labute approximate surface area is 91.4 Å². The number of para-hydroxylation sites is 1. The Kier molecular flexibility index (Phi) is 3.27. The maximum atomic E-state index is 5.79. The second-order valence-corrected chi connectivity index (χ2v) is 4.16. The molecule has 0 aromatic heterocycles. The Balaban J connectivity index is 2.37. The summed E-state index contributed by atoms with van der Waals surface area (Å²) in [6, 6.07) is 6.45. The second kappa shape index (κ2) is 4.67. The fourth-order valence-electron chi connectivity index (χ4n) is 2.27. The summed E-state index contributed by atoms with van der Waals surface area (Å²) in [6.45, 7) is 3.74. The van der Waals surface area contributed by atoms with E-state index in [9.17, 15) is 0 Å². The molecule has 0 saturated heterocycles. The van der Waals surface area contributed by atoms with Crippen molar-refractivity contribution in [2.75, 3.05) is 13.2 Å². The van der Waals surface area contributed by atoms with Crippen LogP contribution in [0.2, 0.25) is 0 Å². The molecular weight excluding hydrogens is 186 g/mol. The molecule has 2 rings (SSSR count). The molecule has 0 fully saturated rings. The van der Waals surface area contributed by atoms with Crippen LogP contribution in [0.3, 0.4) is 0 Å². The molecule has 1 aromatic rings. The predicted octanol–water partition coefficient (Wildman–Crippen LogP) is 2.46. The van der Waals surface area contributed by atoms with E-state index in [0.717, 1.165) is 38.2 Å². The molecule has 2 N–H and O–H groups in total. The van der Waals surface area contributed by atoms with Gasteiger partial charge in [-0.3, -0.25) is 0 Å². The lowest BCUT2D eigenvalue weighted by atomic mass is 9.90. The van der Waals surface area contributed by atoms with E-state index in [-0.39, 0.29) is 0 Å². The summed E-state index contributed by atoms with van der Waals surface area (Å²) in [5.74, 6) is 1.60. The SMILES string of the molecule is CCCc1cccc2c1OCCC2CN. The Hall–Kier alpha value is -1.02. The van der Waals surface area contributed by atoms with E-state index < -0.39 is 0 Å². The highest BCUT2D eigenvalue weighted by atomic mass is 16.5. The van der Waals surface area contributed by atoms with Crippen LogP contribution in [0.1, 0.15) is 36.8 Å². The molecule has 1 unspecified atom stereocenters. The fourth-order valence-corrected chi connectivity index (χ4v) is 2.27. The van der Waals surface area contributed by atoms with Crippen LogP contribution < -0.4 is 10.5 Å². The average molecular weight is 205 g/mol. The first-order chi connectivity index (χ1) is 7.36. The van der Waals surface area contributed by atoms with Gasteiger partial charge in [0.15, 0.2) is 0 Å². The van der Waals surface area contributed by atoms with E-state index in [1.54, 1.807) is 0 Å². The summed E-state index contributed by atoms with van der Waals surface area (Å²) in [5.41, 5.74) is 8.44. The quantitative estimate of drug-likeness (QED) is 0.822. The zero-order valence-electron chi connectivity index (χ0n) is 9.33. The van der Waals surface area contributed by atoms with Crippen LogP contribution in [0, 0.1) is 0 Å². The van der Waals surface area contributed by atoms with Crippen LogP contribution in [0.25, 0.3) is 0 Å². The Morgan fingerprint density at radius 3 is 3.07 bits per heavy atom. The minimum Gasteiger partial charge on any atom is -0.493 e. The molecule has 0 aliphatic carbocycles. The summed E-state index contributed by atoms with van der Waals surface area (Å²) >= 11 is 0. The molecule has 0 bridgehead atoms. The van der Waals surface area contributed by atoms with Crippen molar-refractivity contribution >= 4 is 0 Å². The molecule has 2 nitrogen and oxygen atoms in total. The number of ether oxygens (including phenoxy) is 1. The van der Waals surface area contributed by atoms with Crippen molar-refractivity contribution < 1.29 is 4.74 Å². The van der Waals surface area contributed by atoms with E-state index in [1.165, 1.54) is 11.1 Å². The lowest BCUT2D eigenvalue weighted by Crippen LogP contribution is -2.21. The van der Waals surface area contributed by atoms with Gasteiger partial charge >= 0.3 is 0 Å². The minimum absolute atomic E-state index is 0.491. The molecule has 0 saturated carbocycles. The summed E-state index contributed by atoms with van der Waals surface area (Å²) in [7, 11) is 0. The molecule has 1 atom stereocenters. The summed E-state index contributed by atoms with van der Waals surface area (Å²) in [4.78, 5) is 0. The van der Waals surface area contributed by atoms with Gasteiger partial charge < -0.3 is 10.5 Å². The van der Waals surface area contributed by atoms with Gasteiger partial charge in [0.1, 0.15) is 5.75 Å². The van der Waals surface area contributed by atoms with Gasteiger partial charge in [0, 0.05) is 5.92 Å². The molecule has 1 aromatic carbocycles. The van der Waals surface area contributed by atoms with E-state index in [4.69, 9.17) is 10.5 Å². The van der Waals surface area contributed by atoms with E-state index in [1.807, 2.05) is 0 Å². The van der Waals surface area contributed by atoms with Crippen LogP contribution in [0.15, 0.2) is 18.2 Å². The Morgan fingerprint density at radius 2 is 2.33 bits per heavy atom. The molecular formula is C13H19NO. The number of hydrogen-bond acceptors (Lipinski definition) is 2. The lowest BCUT2D eigenvalue weighted by molar-refractivity contribution is 0.266. The largest absolute Gasteiger partial charge is 0.493 e. The van der Waals surface area contributed by atoms with Crippen molar-refractivity contribution in [2.45, 2.75) is 32.1 Å². The highest BCUT2D eigenvalue weighted by Gasteiger charge is 2.21. The van der Waals surface area contributed by atoms with Crippen molar-refractivity contribution in [3.63, 3.8) is 0 Å². The van der Waals surface area contributed by atoms with Gasteiger partial charge in [-0.05, 0) is 30.5 Å². The Bertz CT molecular complexity index is 335. The smallest absolute Gasteiger partial charge is 0.125 e. The van der Waals surface area contributed by atoms with Crippen molar-refractivity contribution in [2.24, 2.45) is 5.73 Å². The monoisotopic (exact) mass is 205 g/mol. The van der Waals surface area contributed by atoms with Gasteiger partial charge in [-0.25, -0.2) is 0 Å². The molecule has 0 spiro atoms. The maximum Gasteiger partial charge on any atom is 0.125 e. The number of rotatable bonds is 3. The van der Waals surface area contributed by atoms with Crippen LogP contribution in [0.4, 0.5) is 0 Å². The second-order valence-electron chi connectivity index (χ2n) is 4.16. The first kappa shape index (κ1) is 10.5. The van der Waals surface area contributed by atoms with Crippen LogP contribution >= 0.6 is 0 Å². The molecule has 0 radical (unpaired) electrons. The van der Waals surface area contributed by atoms with Crippen LogP contribution in [-0.2, 0) is 6.42 Å². The Morgan fingerprint density at radius 1 is 1.47 bits per heavy atom. The zero-order chi connectivity index (χ0) is 10.7. The number of aryl methyl sites for hydroxylation is 1. The third-order valence-electron chi connectivity index (χ3n) is 3.08. The van der Waals surface area contributed by atoms with Crippen molar-refractivity contribution in [1.82, 2.24) is 0 Å². The maximum absolute atomic E-state index is 5.79. The molecule has 1 aliphatic heterocycles. The molecule has 15 heavy (non-hydrogen) atoms. The predicted molar refractivity (Wildman–Crippen MR) is 62.3 cm³/mol. The number of benzene rings is 1. The molecule has 0 amide bonds. The van der Waals surface area contributed by atoms with Crippen molar-refractivity contribution in [1.29, 1.82) is 0 Å². The molecule has 1 aliphatic rings. The minimum atomic E-state index is 0.491. The summed E-state index contributed by atoms with van der Waals surface area (Å²) in [5, 5.41) is 0. The normalized spacial score (nSPS) is 19.5. The first-order valence-electron chi connectivity index (χ1n) is 5.81. The topological polar surface area (TPSA) is 35.2 Å². The van der Waals surface area contributed by atoms with E-state index in [0.29, 0.717) is 5.92 Å². The van der Waals surface area contributed by atoms with Crippen molar-refractivity contribution in [3.8, 4) is 5.75 Å². The van der Waals surface area contributed by atoms with Crippen molar-refractivity contribution in [3.05, 3.63) is 29.3 Å². The molecule has 2 heteroatoms. The van der Waals surface area contributed by atoms with Crippen LogP contribution in [-0.4, -0.2) is 13.2 Å². The molecule has 82 valence electrons. The third-order valence-corrected chi connectivity index (χ3v) is 3.08. The van der Waals surface area contributed by atoms with Gasteiger partial charge in [0.2, 0.25) is 0 Å². The van der Waals surface area contributed by atoms with Gasteiger partial charge in [-0.2, -0.15) is 0 Å². The average Bonchev–Trinajstić information content (AvgIpc) is 2.29. The summed E-state index contributed by atoms with van der Waals surface area (Å²) in [6.07, 6.45) is 3.31. The van der Waals surface area contributed by atoms with E-state index in [2.05, 4.69) is 25.1 Å². The molecule has 1 heterocycles. The van der Waals surface area contributed by atoms with Crippen LogP contribution in [0.5, 0.6) is 5.75 Å². The van der Waals surface area contributed by atoms with Gasteiger partial charge in [0.05, 0.1) is 6.61 Å². The highest BCUT2D eigenvalue weighted by Crippen LogP contribution is 2.36. The van der Waals surface area contributed by atoms with Gasteiger partial charge in [-0.15, -0.1) is 0 Å². The highest BCUT2D eigenvalue weighted by molar-refractivity contribution is 5.45. The standard InChI is InChI=1S/C13H19NO/c1-2-4-10-5-3-6-12-11(9-14)7-8-15-13(10)12/h3,5-6,11H,2,4,7-9,14H2,1H3. The van der Waals surface area contributed by atoms with Gasteiger partial charge in [0.25, 0.3) is 0 Å². The lowest BCUT2D eigenvalue weighted by Gasteiger charge is -2.26. The number of nitrogens with two attached hydrogens (primary N) is 1. The number of fused-ring (bicyclic) bond motifs is 1. The van der Waals surface area contributed by atoms with E-state index >= 15 is 0 Å². The third kappa shape index (κ3) is 2.00. The van der Waals surface area contributed by atoms with Gasteiger partial charge in [-0.1, -0.05) is 31.5 Å². The zero-order valence-corrected chi connectivity index (χ0v) is 9.33. The number of hydrogen-bond donors (Lipinski definition) is 1. The first-order valence-corrected chi connectivity index (χ1v) is 5.81. The fraction of sp³-hybridized carbons (Fsp3) is 0.538.